The number of rotatable bonds is 4. The van der Waals surface area contributed by atoms with Gasteiger partial charge in [0.05, 0.1) is 6.54 Å². The van der Waals surface area contributed by atoms with Crippen molar-refractivity contribution in [1.82, 2.24) is 19.7 Å². The van der Waals surface area contributed by atoms with Gasteiger partial charge in [0.1, 0.15) is 0 Å². The lowest BCUT2D eigenvalue weighted by Gasteiger charge is -2.01. The van der Waals surface area contributed by atoms with Crippen LogP contribution in [0.4, 0.5) is 0 Å². The predicted molar refractivity (Wildman–Crippen MR) is 63.5 cm³/mol. The van der Waals surface area contributed by atoms with Crippen LogP contribution in [-0.4, -0.2) is 19.7 Å². The lowest BCUT2D eigenvalue weighted by Crippen LogP contribution is -2.31. The van der Waals surface area contributed by atoms with Crippen molar-refractivity contribution in [1.29, 1.82) is 0 Å². The fourth-order valence-corrected chi connectivity index (χ4v) is 1.56. The van der Waals surface area contributed by atoms with Gasteiger partial charge >= 0.3 is 5.69 Å². The quantitative estimate of drug-likeness (QED) is 0.838. The molecule has 0 radical (unpaired) electrons. The lowest BCUT2D eigenvalue weighted by atomic mass is 10.3. The molecule has 0 fully saturated rings. The van der Waals surface area contributed by atoms with Crippen LogP contribution in [0.15, 0.2) is 20.3 Å². The Labute approximate surface area is 102 Å². The molecule has 2 aromatic heterocycles. The summed E-state index contributed by atoms with van der Waals surface area (Å²) in [6.45, 7) is 3.83. The minimum Gasteiger partial charge on any atom is -0.339 e. The second-order valence-electron chi connectivity index (χ2n) is 4.05. The van der Waals surface area contributed by atoms with Crippen LogP contribution >= 0.6 is 0 Å². The van der Waals surface area contributed by atoms with Gasteiger partial charge in [-0.3, -0.25) is 14.3 Å². The summed E-state index contributed by atoms with van der Waals surface area (Å²) in [5, 5.41) is 3.79. The first-order valence-corrected chi connectivity index (χ1v) is 5.72. The summed E-state index contributed by atoms with van der Waals surface area (Å²) in [6.07, 6.45) is 3.11. The molecule has 0 amide bonds. The van der Waals surface area contributed by atoms with Crippen molar-refractivity contribution in [2.45, 2.75) is 33.2 Å². The van der Waals surface area contributed by atoms with Crippen LogP contribution in [0.3, 0.4) is 0 Å². The normalized spacial score (nSPS) is 10.8. The van der Waals surface area contributed by atoms with Gasteiger partial charge < -0.3 is 4.52 Å². The predicted octanol–water partition coefficient (Wildman–Crippen LogP) is 0.229. The Morgan fingerprint density at radius 1 is 1.44 bits per heavy atom. The number of hydrogen-bond acceptors (Lipinski definition) is 5. The van der Waals surface area contributed by atoms with Crippen molar-refractivity contribution in [2.24, 2.45) is 0 Å². The van der Waals surface area contributed by atoms with Gasteiger partial charge in [-0.15, -0.1) is 0 Å². The van der Waals surface area contributed by atoms with Crippen LogP contribution in [0.1, 0.15) is 30.6 Å². The molecule has 1 N–H and O–H groups in total. The van der Waals surface area contributed by atoms with Gasteiger partial charge in [0.2, 0.25) is 5.89 Å². The van der Waals surface area contributed by atoms with Crippen molar-refractivity contribution in [2.75, 3.05) is 0 Å². The van der Waals surface area contributed by atoms with Crippen molar-refractivity contribution < 1.29 is 4.52 Å². The summed E-state index contributed by atoms with van der Waals surface area (Å²) >= 11 is 0. The minimum absolute atomic E-state index is 0.184. The summed E-state index contributed by atoms with van der Waals surface area (Å²) in [4.78, 5) is 29.1. The first-order valence-electron chi connectivity index (χ1n) is 5.72. The molecule has 0 atom stereocenters. The molecule has 0 saturated heterocycles. The zero-order valence-corrected chi connectivity index (χ0v) is 10.3. The van der Waals surface area contributed by atoms with Crippen molar-refractivity contribution in [3.8, 4) is 0 Å². The molecule has 0 aliphatic heterocycles. The summed E-state index contributed by atoms with van der Waals surface area (Å²) in [7, 11) is 0. The Hall–Kier alpha value is -2.18. The number of aryl methyl sites for hydroxylation is 2. The number of nitrogens with zero attached hydrogens (tertiary/aromatic N) is 3. The van der Waals surface area contributed by atoms with Crippen LogP contribution in [0.2, 0.25) is 0 Å². The Bertz CT molecular complexity index is 653. The average molecular weight is 250 g/mol. The van der Waals surface area contributed by atoms with E-state index in [1.165, 1.54) is 10.8 Å². The number of aromatic nitrogens is 4. The van der Waals surface area contributed by atoms with Crippen molar-refractivity contribution in [3.63, 3.8) is 0 Å². The summed E-state index contributed by atoms with van der Waals surface area (Å²) in [6, 6.07) is 0. The van der Waals surface area contributed by atoms with E-state index in [9.17, 15) is 9.59 Å². The molecule has 0 spiro atoms. The van der Waals surface area contributed by atoms with E-state index >= 15 is 0 Å². The fraction of sp³-hybridized carbons (Fsp3) is 0.455. The van der Waals surface area contributed by atoms with Gasteiger partial charge in [0.15, 0.2) is 5.82 Å². The molecule has 0 saturated carbocycles. The van der Waals surface area contributed by atoms with E-state index in [1.807, 2.05) is 6.92 Å². The molecular weight excluding hydrogens is 236 g/mol. The Morgan fingerprint density at radius 2 is 2.22 bits per heavy atom. The smallest absolute Gasteiger partial charge is 0.328 e. The zero-order chi connectivity index (χ0) is 13.1. The van der Waals surface area contributed by atoms with E-state index in [-0.39, 0.29) is 12.1 Å². The van der Waals surface area contributed by atoms with Gasteiger partial charge in [0.25, 0.3) is 5.56 Å². The average Bonchev–Trinajstić information content (AvgIpc) is 2.74. The van der Waals surface area contributed by atoms with Crippen LogP contribution < -0.4 is 11.2 Å². The van der Waals surface area contributed by atoms with E-state index < -0.39 is 5.69 Å². The largest absolute Gasteiger partial charge is 0.339 e. The van der Waals surface area contributed by atoms with E-state index in [2.05, 4.69) is 15.1 Å². The maximum absolute atomic E-state index is 11.6. The van der Waals surface area contributed by atoms with Crippen molar-refractivity contribution >= 4 is 0 Å². The molecule has 7 heteroatoms. The maximum atomic E-state index is 11.6. The highest BCUT2D eigenvalue weighted by Crippen LogP contribution is 2.01. The number of nitrogens with one attached hydrogen (secondary N) is 1. The Balaban J connectivity index is 2.25. The molecule has 0 unspecified atom stereocenters. The standard InChI is InChI=1S/C11H14N4O3/c1-3-4-9-12-8(14-18-9)6-15-5-7(2)10(16)13-11(15)17/h5H,3-4,6H2,1-2H3,(H,13,16,17). The van der Waals surface area contributed by atoms with E-state index in [4.69, 9.17) is 4.52 Å². The van der Waals surface area contributed by atoms with Crippen LogP contribution in [0, 0.1) is 6.92 Å². The molecule has 2 rings (SSSR count). The maximum Gasteiger partial charge on any atom is 0.328 e. The fourth-order valence-electron chi connectivity index (χ4n) is 1.56. The van der Waals surface area contributed by atoms with E-state index in [1.54, 1.807) is 6.92 Å². The van der Waals surface area contributed by atoms with Gasteiger partial charge in [0, 0.05) is 18.2 Å². The molecule has 7 nitrogen and oxygen atoms in total. The Kier molecular flexibility index (Phi) is 3.40. The molecule has 2 heterocycles. The summed E-state index contributed by atoms with van der Waals surface area (Å²) in [5.74, 6) is 0.980. The molecule has 96 valence electrons. The second kappa shape index (κ2) is 4.99. The third-order valence-electron chi connectivity index (χ3n) is 2.47. The lowest BCUT2D eigenvalue weighted by molar-refractivity contribution is 0.370. The Morgan fingerprint density at radius 3 is 2.94 bits per heavy atom. The third kappa shape index (κ3) is 2.55. The SMILES string of the molecule is CCCc1nc(Cn2cc(C)c(=O)[nH]c2=O)no1. The van der Waals surface area contributed by atoms with Crippen LogP contribution in [-0.2, 0) is 13.0 Å². The van der Waals surface area contributed by atoms with Gasteiger partial charge in [-0.05, 0) is 13.3 Å². The minimum atomic E-state index is -0.479. The zero-order valence-electron chi connectivity index (χ0n) is 10.3. The van der Waals surface area contributed by atoms with Gasteiger partial charge in [-0.2, -0.15) is 4.98 Å². The molecular formula is C11H14N4O3. The summed E-state index contributed by atoms with van der Waals surface area (Å²) in [5.41, 5.74) is -0.393. The summed E-state index contributed by atoms with van der Waals surface area (Å²) < 4.78 is 6.37. The number of H-pyrrole nitrogens is 1. The van der Waals surface area contributed by atoms with E-state index in [0.29, 0.717) is 23.7 Å². The molecule has 0 bridgehead atoms. The molecule has 18 heavy (non-hydrogen) atoms. The van der Waals surface area contributed by atoms with E-state index in [0.717, 1.165) is 6.42 Å². The second-order valence-corrected chi connectivity index (χ2v) is 4.05. The third-order valence-corrected chi connectivity index (χ3v) is 2.47. The van der Waals surface area contributed by atoms with Crippen LogP contribution in [0.25, 0.3) is 0 Å². The highest BCUT2D eigenvalue weighted by molar-refractivity contribution is 5.02. The molecule has 0 aliphatic rings. The van der Waals surface area contributed by atoms with Crippen molar-refractivity contribution in [3.05, 3.63) is 44.3 Å². The van der Waals surface area contributed by atoms with Gasteiger partial charge in [-0.25, -0.2) is 4.79 Å². The highest BCUT2D eigenvalue weighted by atomic mass is 16.5. The first kappa shape index (κ1) is 12.3. The topological polar surface area (TPSA) is 93.8 Å². The monoisotopic (exact) mass is 250 g/mol. The van der Waals surface area contributed by atoms with Gasteiger partial charge in [-0.1, -0.05) is 12.1 Å². The molecule has 0 aromatic carbocycles. The number of hydrogen-bond donors (Lipinski definition) is 1. The first-order chi connectivity index (χ1) is 8.60. The number of aromatic amines is 1. The molecule has 0 aliphatic carbocycles. The highest BCUT2D eigenvalue weighted by Gasteiger charge is 2.08. The van der Waals surface area contributed by atoms with Crippen LogP contribution in [0.5, 0.6) is 0 Å². The molecule has 2 aromatic rings.